The molecule has 0 bridgehead atoms. The molecule has 1 atom stereocenters. The number of methoxy groups -OCH3 is 1. The molecule has 12 heteroatoms. The van der Waals surface area contributed by atoms with E-state index in [9.17, 15) is 22.8 Å². The van der Waals surface area contributed by atoms with Gasteiger partial charge in [0.15, 0.2) is 0 Å². The van der Waals surface area contributed by atoms with E-state index in [1.54, 1.807) is 0 Å². The van der Waals surface area contributed by atoms with Gasteiger partial charge in [0.25, 0.3) is 0 Å². The van der Waals surface area contributed by atoms with Crippen LogP contribution >= 0.6 is 12.6 Å². The Morgan fingerprint density at radius 1 is 1.10 bits per heavy atom. The van der Waals surface area contributed by atoms with Gasteiger partial charge in [-0.15, -0.1) is 12.6 Å². The largest absolute Gasteiger partial charge is 0.453 e. The predicted molar refractivity (Wildman–Crippen MR) is 171 cm³/mol. The molecule has 2 aromatic rings. The van der Waals surface area contributed by atoms with Gasteiger partial charge in [0.2, 0.25) is 11.8 Å². The maximum Gasteiger partial charge on any atom is 0.406 e. The molecule has 2 fully saturated rings. The third kappa shape index (κ3) is 13.7. The molecule has 2 aromatic carbocycles. The number of sulfone groups is 1. The number of alkyl carbamates (subject to hydrolysis) is 1. The van der Waals surface area contributed by atoms with Crippen LogP contribution in [0.1, 0.15) is 56.7 Å². The monoisotopic (exact) mass is 622 g/mol. The van der Waals surface area contributed by atoms with Gasteiger partial charge in [0, 0.05) is 42.2 Å². The zero-order valence-electron chi connectivity index (χ0n) is 24.0. The molecule has 0 spiro atoms. The first-order chi connectivity index (χ1) is 19.5. The number of fused-ring (bicyclic) bond motifs is 1. The van der Waals surface area contributed by atoms with E-state index >= 15 is 0 Å². The van der Waals surface area contributed by atoms with Crippen LogP contribution in [0.25, 0.3) is 0 Å². The second-order valence-electron chi connectivity index (χ2n) is 9.88. The van der Waals surface area contributed by atoms with E-state index in [2.05, 4.69) is 52.4 Å². The molecule has 3 amide bonds. The third-order valence-electron chi connectivity index (χ3n) is 6.42. The van der Waals surface area contributed by atoms with Gasteiger partial charge in [-0.25, -0.2) is 13.2 Å². The number of carbonyl (C=O) groups excluding carboxylic acids is 3. The number of thiol groups is 1. The Bertz CT molecular complexity index is 1220. The standard InChI is InChI=1S/C14H19N3O3S.C7H8.C4H7NO.C4H8O2S.CH4/c1-17(7-3-6-15-14(19)20-2)12-10-5-4-9(21)8-11(10)16-13(12)18;1-7-5-3-2-4-6-7;6-4-2-1-3-5-4;5-7(6)3-1-2-4-7;/h4-5,8,12,21H,3,6-7H2,1-2H3,(H,15,19)(H,16,18);2-6H,1H3;1-3H2,(H,5,6);1-4H2;1H4/t12-;;;;/m0..../s1. The van der Waals surface area contributed by atoms with E-state index in [4.69, 9.17) is 0 Å². The molecule has 3 aliphatic heterocycles. The van der Waals surface area contributed by atoms with Crippen LogP contribution in [0.5, 0.6) is 0 Å². The molecule has 0 aromatic heterocycles. The lowest BCUT2D eigenvalue weighted by molar-refractivity contribution is -0.120. The number of amides is 3. The van der Waals surface area contributed by atoms with Gasteiger partial charge in [-0.05, 0) is 51.8 Å². The van der Waals surface area contributed by atoms with Crippen LogP contribution in [-0.4, -0.2) is 76.5 Å². The summed E-state index contributed by atoms with van der Waals surface area (Å²) in [7, 11) is 0.679. The fraction of sp³-hybridized carbons (Fsp3) is 0.500. The Balaban J connectivity index is 0.000000339. The van der Waals surface area contributed by atoms with Crippen LogP contribution in [0.15, 0.2) is 53.4 Å². The molecular formula is C30H46N4O6S2. The molecule has 3 aliphatic rings. The van der Waals surface area contributed by atoms with Crippen molar-refractivity contribution in [1.82, 2.24) is 15.5 Å². The van der Waals surface area contributed by atoms with Crippen LogP contribution in [0, 0.1) is 6.92 Å². The van der Waals surface area contributed by atoms with Crippen molar-refractivity contribution >= 4 is 46.1 Å². The molecule has 234 valence electrons. The van der Waals surface area contributed by atoms with Gasteiger partial charge in [0.05, 0.1) is 18.6 Å². The van der Waals surface area contributed by atoms with Crippen LogP contribution < -0.4 is 16.0 Å². The Labute approximate surface area is 256 Å². The number of hydrogen-bond acceptors (Lipinski definition) is 8. The van der Waals surface area contributed by atoms with Gasteiger partial charge in [-0.2, -0.15) is 0 Å². The Morgan fingerprint density at radius 3 is 2.21 bits per heavy atom. The zero-order valence-corrected chi connectivity index (χ0v) is 25.7. The molecular weight excluding hydrogens is 576 g/mol. The second-order valence-corrected chi connectivity index (χ2v) is 12.7. The number of rotatable bonds is 5. The number of nitrogens with zero attached hydrogens (tertiary/aromatic N) is 1. The summed E-state index contributed by atoms with van der Waals surface area (Å²) < 4.78 is 25.4. The van der Waals surface area contributed by atoms with Crippen LogP contribution in [-0.2, 0) is 24.2 Å². The molecule has 2 saturated heterocycles. The number of ether oxygens (including phenoxy) is 1. The van der Waals surface area contributed by atoms with Crippen molar-refractivity contribution in [1.29, 1.82) is 0 Å². The van der Waals surface area contributed by atoms with Gasteiger partial charge in [-0.1, -0.05) is 49.4 Å². The fourth-order valence-electron chi connectivity index (χ4n) is 4.24. The van der Waals surface area contributed by atoms with E-state index in [0.717, 1.165) is 54.8 Å². The molecule has 0 aliphatic carbocycles. The molecule has 0 saturated carbocycles. The maximum atomic E-state index is 12.1. The van der Waals surface area contributed by atoms with E-state index in [-0.39, 0.29) is 25.3 Å². The molecule has 5 rings (SSSR count). The summed E-state index contributed by atoms with van der Waals surface area (Å²) in [5.74, 6) is 1.02. The third-order valence-corrected chi connectivity index (χ3v) is 8.52. The van der Waals surface area contributed by atoms with Gasteiger partial charge in [-0.3, -0.25) is 14.5 Å². The number of likely N-dealkylation sites (N-methyl/N-ethyl adjacent to an activating group) is 1. The number of benzene rings is 2. The lowest BCUT2D eigenvalue weighted by Gasteiger charge is -2.22. The minimum absolute atomic E-state index is 0. The highest BCUT2D eigenvalue weighted by Crippen LogP contribution is 2.35. The summed E-state index contributed by atoms with van der Waals surface area (Å²) >= 11 is 4.27. The topological polar surface area (TPSA) is 134 Å². The summed E-state index contributed by atoms with van der Waals surface area (Å²) in [4.78, 5) is 36.0. The summed E-state index contributed by atoms with van der Waals surface area (Å²) in [6.45, 7) is 4.16. The Morgan fingerprint density at radius 2 is 1.76 bits per heavy atom. The summed E-state index contributed by atoms with van der Waals surface area (Å²) in [5.41, 5.74) is 3.10. The Hall–Kier alpha value is -3.09. The highest BCUT2D eigenvalue weighted by Gasteiger charge is 2.33. The first kappa shape index (κ1) is 36.9. The van der Waals surface area contributed by atoms with Gasteiger partial charge >= 0.3 is 6.09 Å². The Kier molecular flexibility index (Phi) is 16.9. The average Bonchev–Trinajstić information content (AvgIpc) is 3.66. The van der Waals surface area contributed by atoms with Crippen molar-refractivity contribution in [3.05, 3.63) is 59.7 Å². The first-order valence-electron chi connectivity index (χ1n) is 13.7. The van der Waals surface area contributed by atoms with Crippen LogP contribution in [0.3, 0.4) is 0 Å². The van der Waals surface area contributed by atoms with Crippen LogP contribution in [0.4, 0.5) is 10.5 Å². The normalized spacial score (nSPS) is 17.4. The first-order valence-corrected chi connectivity index (χ1v) is 15.9. The highest BCUT2D eigenvalue weighted by atomic mass is 32.2. The van der Waals surface area contributed by atoms with Gasteiger partial charge in [0.1, 0.15) is 15.9 Å². The number of nitrogens with one attached hydrogen (secondary N) is 3. The fourth-order valence-corrected chi connectivity index (χ4v) is 5.93. The quantitative estimate of drug-likeness (QED) is 0.288. The summed E-state index contributed by atoms with van der Waals surface area (Å²) in [5, 5.41) is 8.17. The second kappa shape index (κ2) is 19.2. The van der Waals surface area contributed by atoms with E-state index in [1.165, 1.54) is 12.7 Å². The van der Waals surface area contributed by atoms with Crippen molar-refractivity contribution in [2.45, 2.75) is 57.4 Å². The summed E-state index contributed by atoms with van der Waals surface area (Å²) in [6, 6.07) is 15.6. The SMILES string of the molecule is C.COC(=O)NCCCN(C)[C@@H]1C(=O)Nc2cc(S)ccc21.Cc1ccccc1.O=C1CCCN1.O=S1(=O)CCCC1. The molecule has 3 N–H and O–H groups in total. The number of aryl methyl sites for hydroxylation is 1. The number of anilines is 1. The van der Waals surface area contributed by atoms with Crippen molar-refractivity contribution < 1.29 is 27.5 Å². The lowest BCUT2D eigenvalue weighted by atomic mass is 10.1. The predicted octanol–water partition coefficient (Wildman–Crippen LogP) is 4.37. The van der Waals surface area contributed by atoms with E-state index in [0.29, 0.717) is 24.6 Å². The zero-order chi connectivity index (χ0) is 30.3. The molecule has 42 heavy (non-hydrogen) atoms. The van der Waals surface area contributed by atoms with E-state index in [1.807, 2.05) is 48.3 Å². The van der Waals surface area contributed by atoms with Crippen molar-refractivity contribution in [3.8, 4) is 0 Å². The highest BCUT2D eigenvalue weighted by molar-refractivity contribution is 7.91. The molecule has 0 radical (unpaired) electrons. The molecule has 0 unspecified atom stereocenters. The molecule has 10 nitrogen and oxygen atoms in total. The summed E-state index contributed by atoms with van der Waals surface area (Å²) in [6.07, 6.45) is 3.81. The number of hydrogen-bond donors (Lipinski definition) is 4. The maximum absolute atomic E-state index is 12.1. The average molecular weight is 623 g/mol. The minimum Gasteiger partial charge on any atom is -0.453 e. The minimum atomic E-state index is -2.55. The molecule has 3 heterocycles. The van der Waals surface area contributed by atoms with Crippen LogP contribution in [0.2, 0.25) is 0 Å². The van der Waals surface area contributed by atoms with Gasteiger partial charge < -0.3 is 20.7 Å². The smallest absolute Gasteiger partial charge is 0.406 e. The van der Waals surface area contributed by atoms with Crippen molar-refractivity contribution in [2.75, 3.05) is 50.6 Å². The van der Waals surface area contributed by atoms with E-state index < -0.39 is 15.9 Å². The lowest BCUT2D eigenvalue weighted by Crippen LogP contribution is -2.33. The number of carbonyl (C=O) groups is 3. The van der Waals surface area contributed by atoms with Crippen molar-refractivity contribution in [2.24, 2.45) is 0 Å². The van der Waals surface area contributed by atoms with Crippen molar-refractivity contribution in [3.63, 3.8) is 0 Å².